The zero-order valence-electron chi connectivity index (χ0n) is 11.5. The van der Waals surface area contributed by atoms with Crippen molar-refractivity contribution in [2.24, 2.45) is 0 Å². The van der Waals surface area contributed by atoms with Gasteiger partial charge in [0.25, 0.3) is 5.22 Å². The third kappa shape index (κ3) is 3.98. The van der Waals surface area contributed by atoms with Gasteiger partial charge in [0, 0.05) is 12.1 Å². The molecular weight excluding hydrogens is 276 g/mol. The van der Waals surface area contributed by atoms with Crippen LogP contribution in [0, 0.1) is 0 Å². The highest BCUT2D eigenvalue weighted by atomic mass is 32.2. The Bertz CT molecular complexity index is 562. The number of hydrogen-bond donors (Lipinski definition) is 2. The summed E-state index contributed by atoms with van der Waals surface area (Å²) in [7, 11) is 0. The average molecular weight is 294 g/mol. The van der Waals surface area contributed by atoms with Crippen LogP contribution in [0.2, 0.25) is 0 Å². The van der Waals surface area contributed by atoms with Crippen LogP contribution in [0.4, 0.5) is 0 Å². The summed E-state index contributed by atoms with van der Waals surface area (Å²) in [6, 6.07) is 7.49. The van der Waals surface area contributed by atoms with Gasteiger partial charge in [0.05, 0.1) is 5.75 Å². The molecule has 20 heavy (non-hydrogen) atoms. The van der Waals surface area contributed by atoms with Gasteiger partial charge in [0.2, 0.25) is 5.91 Å². The molecule has 0 atom stereocenters. The number of fused-ring (bicyclic) bond motifs is 1. The number of thioether (sulfide) groups is 1. The van der Waals surface area contributed by atoms with E-state index in [-0.39, 0.29) is 18.3 Å². The molecule has 0 aliphatic carbocycles. The normalized spacial score (nSPS) is 11.8. The number of nitrogens with zero attached hydrogens (tertiary/aromatic N) is 1. The molecule has 2 N–H and O–H groups in total. The first-order valence-electron chi connectivity index (χ1n) is 6.40. The van der Waals surface area contributed by atoms with E-state index in [1.165, 1.54) is 11.8 Å². The van der Waals surface area contributed by atoms with Crippen molar-refractivity contribution >= 4 is 28.8 Å². The van der Waals surface area contributed by atoms with Crippen LogP contribution < -0.4 is 5.32 Å². The highest BCUT2D eigenvalue weighted by Gasteiger charge is 2.20. The number of benzene rings is 1. The Hall–Kier alpha value is -1.53. The van der Waals surface area contributed by atoms with E-state index in [9.17, 15) is 4.79 Å². The molecule has 0 spiro atoms. The molecule has 0 unspecified atom stereocenters. The lowest BCUT2D eigenvalue weighted by Crippen LogP contribution is -2.44. The minimum atomic E-state index is -0.409. The van der Waals surface area contributed by atoms with E-state index in [1.807, 2.05) is 38.1 Å². The number of carbonyl (C=O) groups is 1. The van der Waals surface area contributed by atoms with E-state index in [0.29, 0.717) is 11.6 Å². The second-order valence-corrected chi connectivity index (χ2v) is 6.07. The first kappa shape index (κ1) is 14.9. The van der Waals surface area contributed by atoms with Gasteiger partial charge in [-0.25, -0.2) is 4.98 Å². The quantitative estimate of drug-likeness (QED) is 0.799. The van der Waals surface area contributed by atoms with Gasteiger partial charge in [-0.05, 0) is 32.4 Å². The number of hydrogen-bond acceptors (Lipinski definition) is 5. The van der Waals surface area contributed by atoms with Crippen molar-refractivity contribution in [3.8, 4) is 0 Å². The molecule has 0 radical (unpaired) electrons. The molecule has 1 amide bonds. The summed E-state index contributed by atoms with van der Waals surface area (Å²) in [6.45, 7) is 3.81. The predicted molar refractivity (Wildman–Crippen MR) is 78.7 cm³/mol. The summed E-state index contributed by atoms with van der Waals surface area (Å²) in [4.78, 5) is 16.1. The summed E-state index contributed by atoms with van der Waals surface area (Å²) in [5.74, 6) is 0.137. The van der Waals surface area contributed by atoms with E-state index < -0.39 is 5.54 Å². The molecule has 0 fully saturated rings. The molecule has 5 nitrogen and oxygen atoms in total. The van der Waals surface area contributed by atoms with Crippen LogP contribution in [-0.4, -0.2) is 33.9 Å². The van der Waals surface area contributed by atoms with Gasteiger partial charge in [0.15, 0.2) is 5.58 Å². The van der Waals surface area contributed by atoms with Gasteiger partial charge >= 0.3 is 0 Å². The summed E-state index contributed by atoms with van der Waals surface area (Å²) < 4.78 is 5.53. The largest absolute Gasteiger partial charge is 0.431 e. The Morgan fingerprint density at radius 3 is 2.90 bits per heavy atom. The van der Waals surface area contributed by atoms with Crippen molar-refractivity contribution in [1.82, 2.24) is 10.3 Å². The first-order chi connectivity index (χ1) is 9.50. The van der Waals surface area contributed by atoms with Crippen LogP contribution in [0.5, 0.6) is 0 Å². The van der Waals surface area contributed by atoms with Gasteiger partial charge < -0.3 is 14.8 Å². The van der Waals surface area contributed by atoms with Crippen LogP contribution in [0.15, 0.2) is 33.9 Å². The first-order valence-corrected chi connectivity index (χ1v) is 7.39. The molecule has 108 valence electrons. The fraction of sp³-hybridized carbons (Fsp3) is 0.429. The number of oxazole rings is 1. The average Bonchev–Trinajstić information content (AvgIpc) is 2.78. The number of aromatic nitrogens is 1. The number of amides is 1. The van der Waals surface area contributed by atoms with E-state index in [4.69, 9.17) is 9.52 Å². The number of aliphatic hydroxyl groups is 1. The molecule has 0 aliphatic rings. The van der Waals surface area contributed by atoms with Crippen molar-refractivity contribution < 1.29 is 14.3 Å². The minimum Gasteiger partial charge on any atom is -0.431 e. The smallest absolute Gasteiger partial charge is 0.257 e. The molecule has 0 saturated heterocycles. The lowest BCUT2D eigenvalue weighted by molar-refractivity contribution is -0.120. The van der Waals surface area contributed by atoms with Gasteiger partial charge in [-0.2, -0.15) is 0 Å². The molecule has 0 saturated carbocycles. The predicted octanol–water partition coefficient (Wildman–Crippen LogP) is 2.20. The summed E-state index contributed by atoms with van der Waals surface area (Å²) in [5, 5.41) is 12.3. The lowest BCUT2D eigenvalue weighted by Gasteiger charge is -2.25. The molecule has 1 heterocycles. The van der Waals surface area contributed by atoms with Crippen LogP contribution in [0.25, 0.3) is 11.1 Å². The number of rotatable bonds is 6. The summed E-state index contributed by atoms with van der Waals surface area (Å²) in [5.41, 5.74) is 1.10. The number of aliphatic hydroxyl groups excluding tert-OH is 1. The SMILES string of the molecule is CC(C)(CCO)NC(=O)CSc1nc2ccccc2o1. The van der Waals surface area contributed by atoms with Crippen molar-refractivity contribution in [2.75, 3.05) is 12.4 Å². The summed E-state index contributed by atoms with van der Waals surface area (Å²) in [6.07, 6.45) is 0.520. The monoisotopic (exact) mass is 294 g/mol. The van der Waals surface area contributed by atoms with Gasteiger partial charge in [-0.15, -0.1) is 0 Å². The fourth-order valence-corrected chi connectivity index (χ4v) is 2.43. The van der Waals surface area contributed by atoms with Gasteiger partial charge in [-0.1, -0.05) is 23.9 Å². The van der Waals surface area contributed by atoms with Crippen molar-refractivity contribution in [3.05, 3.63) is 24.3 Å². The van der Waals surface area contributed by atoms with Crippen LogP contribution in [0.3, 0.4) is 0 Å². The van der Waals surface area contributed by atoms with E-state index >= 15 is 0 Å². The lowest BCUT2D eigenvalue weighted by atomic mass is 10.0. The maximum atomic E-state index is 11.8. The highest BCUT2D eigenvalue weighted by molar-refractivity contribution is 7.99. The van der Waals surface area contributed by atoms with Gasteiger partial charge in [0.1, 0.15) is 5.52 Å². The number of carbonyl (C=O) groups excluding carboxylic acids is 1. The van der Waals surface area contributed by atoms with E-state index in [1.54, 1.807) is 0 Å². The minimum absolute atomic E-state index is 0.0472. The number of para-hydroxylation sites is 2. The maximum absolute atomic E-state index is 11.8. The zero-order valence-corrected chi connectivity index (χ0v) is 12.4. The van der Waals surface area contributed by atoms with E-state index in [0.717, 1.165) is 11.1 Å². The topological polar surface area (TPSA) is 75.4 Å². The zero-order chi connectivity index (χ0) is 14.6. The molecule has 0 bridgehead atoms. The Morgan fingerprint density at radius 2 is 2.20 bits per heavy atom. The Labute approximate surface area is 121 Å². The molecule has 6 heteroatoms. The van der Waals surface area contributed by atoms with Crippen molar-refractivity contribution in [1.29, 1.82) is 0 Å². The van der Waals surface area contributed by atoms with E-state index in [2.05, 4.69) is 10.3 Å². The van der Waals surface area contributed by atoms with Crippen LogP contribution in [-0.2, 0) is 4.79 Å². The second-order valence-electron chi connectivity index (χ2n) is 5.14. The molecular formula is C14H18N2O3S. The Balaban J connectivity index is 1.90. The number of nitrogens with one attached hydrogen (secondary N) is 1. The molecule has 2 rings (SSSR count). The summed E-state index contributed by atoms with van der Waals surface area (Å²) >= 11 is 1.26. The fourth-order valence-electron chi connectivity index (χ4n) is 1.80. The van der Waals surface area contributed by atoms with Crippen LogP contribution in [0.1, 0.15) is 20.3 Å². The highest BCUT2D eigenvalue weighted by Crippen LogP contribution is 2.23. The third-order valence-electron chi connectivity index (χ3n) is 2.82. The van der Waals surface area contributed by atoms with Crippen molar-refractivity contribution in [2.45, 2.75) is 31.0 Å². The Kier molecular flexibility index (Phi) is 4.67. The molecule has 0 aliphatic heterocycles. The third-order valence-corrected chi connectivity index (χ3v) is 3.64. The molecule has 1 aromatic carbocycles. The molecule has 2 aromatic rings. The van der Waals surface area contributed by atoms with Crippen molar-refractivity contribution in [3.63, 3.8) is 0 Å². The molecule has 1 aromatic heterocycles. The second kappa shape index (κ2) is 6.28. The maximum Gasteiger partial charge on any atom is 0.257 e. The standard InChI is InChI=1S/C14H18N2O3S/c1-14(2,7-8-17)16-12(18)9-20-13-15-10-5-3-4-6-11(10)19-13/h3-6,17H,7-9H2,1-2H3,(H,16,18). The van der Waals surface area contributed by atoms with Gasteiger partial charge in [-0.3, -0.25) is 4.79 Å². The van der Waals surface area contributed by atoms with Crippen LogP contribution >= 0.6 is 11.8 Å². The Morgan fingerprint density at radius 1 is 1.45 bits per heavy atom.